The summed E-state index contributed by atoms with van der Waals surface area (Å²) in [6.45, 7) is 3.31. The highest BCUT2D eigenvalue weighted by Crippen LogP contribution is 2.34. The second-order valence-electron chi connectivity index (χ2n) is 6.31. The van der Waals surface area contributed by atoms with Gasteiger partial charge < -0.3 is 10.6 Å². The van der Waals surface area contributed by atoms with Gasteiger partial charge in [-0.05, 0) is 62.8 Å². The highest BCUT2D eigenvalue weighted by Gasteiger charge is 2.33. The van der Waals surface area contributed by atoms with Crippen molar-refractivity contribution in [3.05, 3.63) is 28.8 Å². The number of nitrogens with one attached hydrogen (secondary N) is 2. The van der Waals surface area contributed by atoms with Gasteiger partial charge in [0.05, 0.1) is 0 Å². The Hall–Kier alpha value is -0.730. The SMILES string of the molecule is Cc1c(Cl)cccc1NC1CCCCC1C1CCCN1. The summed E-state index contributed by atoms with van der Waals surface area (Å²) in [6, 6.07) is 7.49. The molecule has 3 unspecified atom stereocenters. The lowest BCUT2D eigenvalue weighted by Crippen LogP contribution is -2.43. The zero-order chi connectivity index (χ0) is 13.9. The zero-order valence-electron chi connectivity index (χ0n) is 12.3. The lowest BCUT2D eigenvalue weighted by atomic mass is 9.79. The molecular formula is C17H25ClN2. The summed E-state index contributed by atoms with van der Waals surface area (Å²) >= 11 is 6.24. The molecule has 1 aromatic rings. The van der Waals surface area contributed by atoms with Crippen LogP contribution in [0.15, 0.2) is 18.2 Å². The Morgan fingerprint density at radius 2 is 2.00 bits per heavy atom. The lowest BCUT2D eigenvalue weighted by Gasteiger charge is -2.37. The van der Waals surface area contributed by atoms with E-state index in [-0.39, 0.29) is 0 Å². The van der Waals surface area contributed by atoms with Gasteiger partial charge in [0.15, 0.2) is 0 Å². The molecule has 0 radical (unpaired) electrons. The predicted octanol–water partition coefficient (Wildman–Crippen LogP) is 4.37. The van der Waals surface area contributed by atoms with Gasteiger partial charge >= 0.3 is 0 Å². The van der Waals surface area contributed by atoms with Gasteiger partial charge in [0, 0.05) is 22.8 Å². The van der Waals surface area contributed by atoms with Crippen LogP contribution < -0.4 is 10.6 Å². The van der Waals surface area contributed by atoms with E-state index < -0.39 is 0 Å². The lowest BCUT2D eigenvalue weighted by molar-refractivity contribution is 0.262. The van der Waals surface area contributed by atoms with Gasteiger partial charge in [-0.25, -0.2) is 0 Å². The molecule has 0 aromatic heterocycles. The number of benzene rings is 1. The van der Waals surface area contributed by atoms with Crippen molar-refractivity contribution in [2.45, 2.75) is 57.5 Å². The minimum absolute atomic E-state index is 0.594. The van der Waals surface area contributed by atoms with Crippen molar-refractivity contribution in [1.82, 2.24) is 5.32 Å². The van der Waals surface area contributed by atoms with Crippen LogP contribution in [0, 0.1) is 12.8 Å². The second kappa shape index (κ2) is 6.36. The quantitative estimate of drug-likeness (QED) is 0.864. The van der Waals surface area contributed by atoms with Gasteiger partial charge in [-0.15, -0.1) is 0 Å². The smallest absolute Gasteiger partial charge is 0.0455 e. The van der Waals surface area contributed by atoms with E-state index in [0.29, 0.717) is 12.1 Å². The van der Waals surface area contributed by atoms with Crippen molar-refractivity contribution in [3.63, 3.8) is 0 Å². The highest BCUT2D eigenvalue weighted by atomic mass is 35.5. The molecule has 3 heteroatoms. The van der Waals surface area contributed by atoms with E-state index in [1.165, 1.54) is 56.3 Å². The van der Waals surface area contributed by atoms with Gasteiger partial charge in [-0.2, -0.15) is 0 Å². The topological polar surface area (TPSA) is 24.1 Å². The van der Waals surface area contributed by atoms with E-state index in [1.807, 2.05) is 12.1 Å². The van der Waals surface area contributed by atoms with E-state index in [4.69, 9.17) is 11.6 Å². The summed E-state index contributed by atoms with van der Waals surface area (Å²) in [7, 11) is 0. The molecule has 1 saturated carbocycles. The molecule has 110 valence electrons. The zero-order valence-corrected chi connectivity index (χ0v) is 13.0. The van der Waals surface area contributed by atoms with Crippen LogP contribution in [0.4, 0.5) is 5.69 Å². The van der Waals surface area contributed by atoms with Gasteiger partial charge in [0.2, 0.25) is 0 Å². The fourth-order valence-corrected chi connectivity index (χ4v) is 4.04. The third-order valence-electron chi connectivity index (χ3n) is 5.04. The molecule has 3 rings (SSSR count). The molecule has 1 aliphatic carbocycles. The first-order valence-corrected chi connectivity index (χ1v) is 8.38. The van der Waals surface area contributed by atoms with Crippen LogP contribution in [0.3, 0.4) is 0 Å². The Kier molecular flexibility index (Phi) is 4.52. The average Bonchev–Trinajstić information content (AvgIpc) is 2.98. The van der Waals surface area contributed by atoms with E-state index >= 15 is 0 Å². The Morgan fingerprint density at radius 3 is 2.80 bits per heavy atom. The highest BCUT2D eigenvalue weighted by molar-refractivity contribution is 6.31. The Labute approximate surface area is 127 Å². The summed E-state index contributed by atoms with van der Waals surface area (Å²) < 4.78 is 0. The minimum atomic E-state index is 0.594. The number of hydrogen-bond acceptors (Lipinski definition) is 2. The summed E-state index contributed by atoms with van der Waals surface area (Å²) in [6.07, 6.45) is 8.06. The van der Waals surface area contributed by atoms with Crippen molar-refractivity contribution >= 4 is 17.3 Å². The monoisotopic (exact) mass is 292 g/mol. The molecule has 1 heterocycles. The van der Waals surface area contributed by atoms with Crippen LogP contribution in [0.5, 0.6) is 0 Å². The maximum Gasteiger partial charge on any atom is 0.0455 e. The van der Waals surface area contributed by atoms with Crippen molar-refractivity contribution < 1.29 is 0 Å². The fourth-order valence-electron chi connectivity index (χ4n) is 3.86. The van der Waals surface area contributed by atoms with Gasteiger partial charge in [-0.3, -0.25) is 0 Å². The number of halogens is 1. The van der Waals surface area contributed by atoms with Crippen LogP contribution in [0.25, 0.3) is 0 Å². The van der Waals surface area contributed by atoms with Gasteiger partial charge in [0.25, 0.3) is 0 Å². The van der Waals surface area contributed by atoms with E-state index in [1.54, 1.807) is 0 Å². The summed E-state index contributed by atoms with van der Waals surface area (Å²) in [5.74, 6) is 0.768. The standard InChI is InChI=1S/C17H25ClN2/c1-12-14(18)7-4-9-15(12)20-17-8-3-2-6-13(17)16-10-5-11-19-16/h4,7,9,13,16-17,19-20H,2-3,5-6,8,10-11H2,1H3. The molecule has 0 bridgehead atoms. The third-order valence-corrected chi connectivity index (χ3v) is 5.45. The predicted molar refractivity (Wildman–Crippen MR) is 86.6 cm³/mol. The molecule has 0 amide bonds. The van der Waals surface area contributed by atoms with E-state index in [9.17, 15) is 0 Å². The second-order valence-corrected chi connectivity index (χ2v) is 6.72. The molecule has 1 saturated heterocycles. The first-order chi connectivity index (χ1) is 9.75. The van der Waals surface area contributed by atoms with Crippen LogP contribution in [-0.4, -0.2) is 18.6 Å². The normalized spacial score (nSPS) is 30.4. The number of hydrogen-bond donors (Lipinski definition) is 2. The molecule has 2 nitrogen and oxygen atoms in total. The first kappa shape index (κ1) is 14.2. The Morgan fingerprint density at radius 1 is 1.15 bits per heavy atom. The van der Waals surface area contributed by atoms with Crippen LogP contribution in [-0.2, 0) is 0 Å². The van der Waals surface area contributed by atoms with Crippen molar-refractivity contribution in [3.8, 4) is 0 Å². The summed E-state index contributed by atoms with van der Waals surface area (Å²) in [5.41, 5.74) is 2.39. The van der Waals surface area contributed by atoms with E-state index in [2.05, 4.69) is 23.6 Å². The molecule has 2 aliphatic rings. The van der Waals surface area contributed by atoms with Crippen LogP contribution in [0.1, 0.15) is 44.1 Å². The van der Waals surface area contributed by atoms with Crippen molar-refractivity contribution in [1.29, 1.82) is 0 Å². The average molecular weight is 293 g/mol. The maximum absolute atomic E-state index is 6.24. The summed E-state index contributed by atoms with van der Waals surface area (Å²) in [5, 5.41) is 8.36. The van der Waals surface area contributed by atoms with Gasteiger partial charge in [0.1, 0.15) is 0 Å². The van der Waals surface area contributed by atoms with Crippen molar-refractivity contribution in [2.24, 2.45) is 5.92 Å². The third kappa shape index (κ3) is 2.96. The first-order valence-electron chi connectivity index (χ1n) is 8.01. The molecule has 20 heavy (non-hydrogen) atoms. The molecule has 2 fully saturated rings. The Balaban J connectivity index is 1.74. The Bertz CT molecular complexity index is 454. The van der Waals surface area contributed by atoms with Gasteiger partial charge in [-0.1, -0.05) is 30.5 Å². The largest absolute Gasteiger partial charge is 0.382 e. The minimum Gasteiger partial charge on any atom is -0.382 e. The summed E-state index contributed by atoms with van der Waals surface area (Å²) in [4.78, 5) is 0. The molecule has 0 spiro atoms. The molecule has 1 aliphatic heterocycles. The molecule has 1 aromatic carbocycles. The van der Waals surface area contributed by atoms with Crippen molar-refractivity contribution in [2.75, 3.05) is 11.9 Å². The molecular weight excluding hydrogens is 268 g/mol. The number of rotatable bonds is 3. The maximum atomic E-state index is 6.24. The molecule has 3 atom stereocenters. The van der Waals surface area contributed by atoms with E-state index in [0.717, 1.165) is 10.9 Å². The van der Waals surface area contributed by atoms with Crippen LogP contribution >= 0.6 is 11.6 Å². The molecule has 2 N–H and O–H groups in total. The fraction of sp³-hybridized carbons (Fsp3) is 0.647. The van der Waals surface area contributed by atoms with Crippen LogP contribution in [0.2, 0.25) is 5.02 Å². The number of anilines is 1.